The lowest BCUT2D eigenvalue weighted by atomic mass is 9.92. The summed E-state index contributed by atoms with van der Waals surface area (Å²) in [6.45, 7) is 5.78. The van der Waals surface area contributed by atoms with Crippen molar-refractivity contribution in [1.82, 2.24) is 14.7 Å². The number of piperidine rings is 1. The van der Waals surface area contributed by atoms with Gasteiger partial charge >= 0.3 is 0 Å². The van der Waals surface area contributed by atoms with Gasteiger partial charge < -0.3 is 15.4 Å². The molecule has 1 saturated heterocycles. The summed E-state index contributed by atoms with van der Waals surface area (Å²) in [6, 6.07) is 9.78. The number of hydrogen-bond acceptors (Lipinski definition) is 4. The summed E-state index contributed by atoms with van der Waals surface area (Å²) in [5.41, 5.74) is 7.17. The van der Waals surface area contributed by atoms with Gasteiger partial charge in [-0.05, 0) is 37.8 Å². The summed E-state index contributed by atoms with van der Waals surface area (Å²) >= 11 is 0. The van der Waals surface area contributed by atoms with Gasteiger partial charge in [0.1, 0.15) is 0 Å². The third kappa shape index (κ3) is 3.69. The van der Waals surface area contributed by atoms with Crippen LogP contribution in [0.1, 0.15) is 37.2 Å². The Hall–Kier alpha value is -2.34. The number of amides is 1. The van der Waals surface area contributed by atoms with E-state index in [0.29, 0.717) is 37.1 Å². The maximum absolute atomic E-state index is 13.1. The molecular formula is C19H26N4O2. The molecule has 1 aliphatic heterocycles. The minimum Gasteiger partial charge on any atom is -0.490 e. The van der Waals surface area contributed by atoms with Crippen LogP contribution in [0.2, 0.25) is 0 Å². The zero-order valence-corrected chi connectivity index (χ0v) is 14.9. The summed E-state index contributed by atoms with van der Waals surface area (Å²) in [5.74, 6) is 1.01. The third-order valence-corrected chi connectivity index (χ3v) is 4.71. The van der Waals surface area contributed by atoms with Crippen LogP contribution in [0.25, 0.3) is 5.69 Å². The Morgan fingerprint density at radius 3 is 2.80 bits per heavy atom. The van der Waals surface area contributed by atoms with Gasteiger partial charge in [0.2, 0.25) is 0 Å². The van der Waals surface area contributed by atoms with Crippen molar-refractivity contribution in [2.24, 2.45) is 11.7 Å². The van der Waals surface area contributed by atoms with Crippen LogP contribution in [0.15, 0.2) is 36.5 Å². The third-order valence-electron chi connectivity index (χ3n) is 4.71. The van der Waals surface area contributed by atoms with E-state index in [4.69, 9.17) is 10.5 Å². The van der Waals surface area contributed by atoms with Crippen molar-refractivity contribution in [1.29, 1.82) is 0 Å². The average Bonchev–Trinajstić information content (AvgIpc) is 3.06. The van der Waals surface area contributed by atoms with E-state index in [1.807, 2.05) is 42.2 Å². The number of ether oxygens (including phenoxy) is 1. The van der Waals surface area contributed by atoms with Gasteiger partial charge in [0.15, 0.2) is 11.4 Å². The highest BCUT2D eigenvalue weighted by Crippen LogP contribution is 2.27. The zero-order chi connectivity index (χ0) is 17.8. The van der Waals surface area contributed by atoms with Gasteiger partial charge in [-0.1, -0.05) is 25.1 Å². The van der Waals surface area contributed by atoms with E-state index >= 15 is 0 Å². The highest BCUT2D eigenvalue weighted by atomic mass is 16.5. The summed E-state index contributed by atoms with van der Waals surface area (Å²) in [5, 5.41) is 4.52. The van der Waals surface area contributed by atoms with E-state index in [-0.39, 0.29) is 11.9 Å². The lowest BCUT2D eigenvalue weighted by Crippen LogP contribution is -2.49. The molecule has 134 valence electrons. The van der Waals surface area contributed by atoms with E-state index in [9.17, 15) is 4.79 Å². The SMILES string of the molecule is CCOc1cn(-c2ccccc2)nc1C(=O)N1CCC(C)CC1CN. The lowest BCUT2D eigenvalue weighted by Gasteiger charge is -2.37. The van der Waals surface area contributed by atoms with Crippen molar-refractivity contribution in [2.75, 3.05) is 19.7 Å². The van der Waals surface area contributed by atoms with Crippen LogP contribution in [0.4, 0.5) is 0 Å². The number of carbonyl (C=O) groups is 1. The molecule has 2 aromatic rings. The quantitative estimate of drug-likeness (QED) is 0.906. The first kappa shape index (κ1) is 17.5. The summed E-state index contributed by atoms with van der Waals surface area (Å²) in [4.78, 5) is 15.0. The Labute approximate surface area is 148 Å². The number of nitrogens with zero attached hydrogens (tertiary/aromatic N) is 3. The first-order valence-corrected chi connectivity index (χ1v) is 8.93. The van der Waals surface area contributed by atoms with E-state index in [0.717, 1.165) is 18.5 Å². The number of aromatic nitrogens is 2. The van der Waals surface area contributed by atoms with Crippen molar-refractivity contribution in [3.8, 4) is 11.4 Å². The van der Waals surface area contributed by atoms with Gasteiger partial charge in [0.05, 0.1) is 18.5 Å². The van der Waals surface area contributed by atoms with Crippen LogP contribution in [0.3, 0.4) is 0 Å². The predicted octanol–water partition coefficient (Wildman–Crippen LogP) is 2.47. The molecule has 1 aliphatic rings. The molecule has 0 spiro atoms. The molecule has 0 bridgehead atoms. The number of para-hydroxylation sites is 1. The second-order valence-electron chi connectivity index (χ2n) is 6.57. The Balaban J connectivity index is 1.92. The molecule has 3 rings (SSSR count). The lowest BCUT2D eigenvalue weighted by molar-refractivity contribution is 0.0563. The molecule has 6 heteroatoms. The molecule has 25 heavy (non-hydrogen) atoms. The molecule has 1 fully saturated rings. The second-order valence-corrected chi connectivity index (χ2v) is 6.57. The van der Waals surface area contributed by atoms with E-state index in [1.165, 1.54) is 0 Å². The van der Waals surface area contributed by atoms with Gasteiger partial charge in [-0.15, -0.1) is 0 Å². The molecule has 2 unspecified atom stereocenters. The molecular weight excluding hydrogens is 316 g/mol. The van der Waals surface area contributed by atoms with E-state index in [2.05, 4.69) is 12.0 Å². The number of carbonyl (C=O) groups excluding carboxylic acids is 1. The van der Waals surface area contributed by atoms with Gasteiger partial charge in [0, 0.05) is 19.1 Å². The highest BCUT2D eigenvalue weighted by molar-refractivity contribution is 5.95. The molecule has 1 aromatic heterocycles. The van der Waals surface area contributed by atoms with Crippen LogP contribution in [0.5, 0.6) is 5.75 Å². The molecule has 1 amide bonds. The van der Waals surface area contributed by atoms with Gasteiger partial charge in [-0.25, -0.2) is 4.68 Å². The van der Waals surface area contributed by atoms with Crippen molar-refractivity contribution in [3.05, 3.63) is 42.2 Å². The molecule has 0 aliphatic carbocycles. The summed E-state index contributed by atoms with van der Waals surface area (Å²) in [6.07, 6.45) is 3.70. The predicted molar refractivity (Wildman–Crippen MR) is 97.0 cm³/mol. The topological polar surface area (TPSA) is 73.4 Å². The smallest absolute Gasteiger partial charge is 0.278 e. The Morgan fingerprint density at radius 2 is 2.12 bits per heavy atom. The number of hydrogen-bond donors (Lipinski definition) is 1. The molecule has 1 aromatic carbocycles. The van der Waals surface area contributed by atoms with Crippen LogP contribution in [0, 0.1) is 5.92 Å². The standard InChI is InChI=1S/C19H26N4O2/c1-3-25-17-13-23(15-7-5-4-6-8-15)21-18(17)19(24)22-10-9-14(2)11-16(22)12-20/h4-8,13-14,16H,3,9-12,20H2,1-2H3. The van der Waals surface area contributed by atoms with Crippen molar-refractivity contribution >= 4 is 5.91 Å². The largest absolute Gasteiger partial charge is 0.490 e. The highest BCUT2D eigenvalue weighted by Gasteiger charge is 2.32. The molecule has 2 N–H and O–H groups in total. The fourth-order valence-electron chi connectivity index (χ4n) is 3.36. The Bertz CT molecular complexity index is 713. The number of nitrogens with two attached hydrogens (primary N) is 1. The molecule has 0 radical (unpaired) electrons. The van der Waals surface area contributed by atoms with Crippen LogP contribution < -0.4 is 10.5 Å². The van der Waals surface area contributed by atoms with E-state index < -0.39 is 0 Å². The second kappa shape index (κ2) is 7.70. The summed E-state index contributed by atoms with van der Waals surface area (Å²) < 4.78 is 7.38. The molecule has 0 saturated carbocycles. The van der Waals surface area contributed by atoms with Crippen molar-refractivity contribution < 1.29 is 9.53 Å². The van der Waals surface area contributed by atoms with E-state index in [1.54, 1.807) is 10.9 Å². The van der Waals surface area contributed by atoms with Crippen molar-refractivity contribution in [3.63, 3.8) is 0 Å². The van der Waals surface area contributed by atoms with Crippen molar-refractivity contribution in [2.45, 2.75) is 32.7 Å². The number of likely N-dealkylation sites (tertiary alicyclic amines) is 1. The minimum atomic E-state index is -0.0968. The fraction of sp³-hybridized carbons (Fsp3) is 0.474. The van der Waals surface area contributed by atoms with Gasteiger partial charge in [-0.3, -0.25) is 4.79 Å². The molecule has 2 heterocycles. The fourth-order valence-corrected chi connectivity index (χ4v) is 3.36. The summed E-state index contributed by atoms with van der Waals surface area (Å²) in [7, 11) is 0. The van der Waals surface area contributed by atoms with Crippen LogP contribution in [-0.2, 0) is 0 Å². The number of rotatable bonds is 5. The maximum Gasteiger partial charge on any atom is 0.278 e. The van der Waals surface area contributed by atoms with Gasteiger partial charge in [0.25, 0.3) is 5.91 Å². The monoisotopic (exact) mass is 342 g/mol. The number of benzene rings is 1. The molecule has 6 nitrogen and oxygen atoms in total. The minimum absolute atomic E-state index is 0.0626. The van der Waals surface area contributed by atoms with Crippen LogP contribution >= 0.6 is 0 Å². The zero-order valence-electron chi connectivity index (χ0n) is 14.9. The normalized spacial score (nSPS) is 20.5. The average molecular weight is 342 g/mol. The maximum atomic E-state index is 13.1. The first-order chi connectivity index (χ1) is 12.1. The Morgan fingerprint density at radius 1 is 1.36 bits per heavy atom. The first-order valence-electron chi connectivity index (χ1n) is 8.93. The molecule has 2 atom stereocenters. The van der Waals surface area contributed by atoms with Crippen LogP contribution in [-0.4, -0.2) is 46.3 Å². The van der Waals surface area contributed by atoms with Gasteiger partial charge in [-0.2, -0.15) is 5.10 Å². The Kier molecular flexibility index (Phi) is 5.38.